The van der Waals surface area contributed by atoms with E-state index in [1.807, 2.05) is 0 Å². The fraction of sp³-hybridized carbons (Fsp3) is 0.500. The van der Waals surface area contributed by atoms with Crippen molar-refractivity contribution in [1.29, 1.82) is 0 Å². The Kier molecular flexibility index (Phi) is 2.64. The van der Waals surface area contributed by atoms with E-state index in [0.717, 1.165) is 18.7 Å². The number of rotatable bonds is 2. The zero-order valence-electron chi connectivity index (χ0n) is 8.01. The molecule has 0 aromatic carbocycles. The summed E-state index contributed by atoms with van der Waals surface area (Å²) in [4.78, 5) is 3.75. The minimum Gasteiger partial charge on any atom is -0.320 e. The number of hydrogen-bond acceptors (Lipinski definition) is 2. The van der Waals surface area contributed by atoms with Crippen molar-refractivity contribution >= 4 is 11.6 Å². The monoisotopic (exact) mass is 232 g/mol. The molecule has 1 fully saturated rings. The van der Waals surface area contributed by atoms with E-state index in [0.29, 0.717) is 12.8 Å². The minimum absolute atomic E-state index is 0.0893. The van der Waals surface area contributed by atoms with Gasteiger partial charge in [-0.2, -0.15) is 0 Å². The molecule has 0 bridgehead atoms. The number of halogens is 3. The minimum atomic E-state index is -1.42. The van der Waals surface area contributed by atoms with Crippen LogP contribution < -0.4 is 5.73 Å². The summed E-state index contributed by atoms with van der Waals surface area (Å²) >= 11 is 5.76. The lowest BCUT2D eigenvalue weighted by Crippen LogP contribution is -2.43. The van der Waals surface area contributed by atoms with E-state index in [9.17, 15) is 8.78 Å². The van der Waals surface area contributed by atoms with Crippen LogP contribution in [0.4, 0.5) is 8.78 Å². The molecule has 2 rings (SSSR count). The summed E-state index contributed by atoms with van der Waals surface area (Å²) in [5.41, 5.74) is 4.56. The van der Waals surface area contributed by atoms with Crippen molar-refractivity contribution in [3.63, 3.8) is 0 Å². The third-order valence-electron chi connectivity index (χ3n) is 2.87. The van der Waals surface area contributed by atoms with Gasteiger partial charge >= 0.3 is 0 Å². The second-order valence-corrected chi connectivity index (χ2v) is 4.29. The average Bonchev–Trinajstić information content (AvgIpc) is 2.13. The van der Waals surface area contributed by atoms with E-state index in [2.05, 4.69) is 4.98 Å². The molecule has 1 saturated carbocycles. The average molecular weight is 233 g/mol. The molecule has 5 heteroatoms. The Morgan fingerprint density at radius 2 is 2.20 bits per heavy atom. The van der Waals surface area contributed by atoms with Gasteiger partial charge in [0.15, 0.2) is 0 Å². The molecule has 0 saturated heterocycles. The highest BCUT2D eigenvalue weighted by Crippen LogP contribution is 2.44. The topological polar surface area (TPSA) is 38.9 Å². The van der Waals surface area contributed by atoms with Crippen LogP contribution >= 0.6 is 11.6 Å². The van der Waals surface area contributed by atoms with Gasteiger partial charge in [0.05, 0.1) is 23.0 Å². The summed E-state index contributed by atoms with van der Waals surface area (Å²) in [7, 11) is 0. The Morgan fingerprint density at radius 3 is 2.67 bits per heavy atom. The lowest BCUT2D eigenvalue weighted by atomic mass is 9.75. The molecular weight excluding hydrogens is 222 g/mol. The van der Waals surface area contributed by atoms with Crippen LogP contribution in [0.3, 0.4) is 0 Å². The molecule has 1 unspecified atom stereocenters. The van der Waals surface area contributed by atoms with Gasteiger partial charge in [-0.3, -0.25) is 4.98 Å². The molecule has 1 aliphatic rings. The highest BCUT2D eigenvalue weighted by atomic mass is 35.5. The van der Waals surface area contributed by atoms with Crippen LogP contribution in [0, 0.1) is 5.82 Å². The fourth-order valence-electron chi connectivity index (χ4n) is 1.72. The van der Waals surface area contributed by atoms with Gasteiger partial charge in [-0.25, -0.2) is 8.78 Å². The van der Waals surface area contributed by atoms with Crippen LogP contribution in [0.2, 0.25) is 5.02 Å². The first-order valence-electron chi connectivity index (χ1n) is 4.78. The van der Waals surface area contributed by atoms with Gasteiger partial charge in [0.2, 0.25) is 0 Å². The summed E-state index contributed by atoms with van der Waals surface area (Å²) in [5, 5.41) is 0.0893. The zero-order chi connectivity index (χ0) is 11.1. The maximum atomic E-state index is 13.9. The van der Waals surface area contributed by atoms with E-state index in [4.69, 9.17) is 17.3 Å². The molecule has 1 aromatic heterocycles. The van der Waals surface area contributed by atoms with Crippen molar-refractivity contribution in [2.24, 2.45) is 5.73 Å². The Labute approximate surface area is 91.4 Å². The lowest BCUT2D eigenvalue weighted by Gasteiger charge is -2.38. The summed E-state index contributed by atoms with van der Waals surface area (Å²) in [6, 6.07) is 0.241. The smallest absolute Gasteiger partial charge is 0.142 e. The molecule has 15 heavy (non-hydrogen) atoms. The Bertz CT molecular complexity index is 380. The molecule has 2 nitrogen and oxygen atoms in total. The predicted molar refractivity (Wildman–Crippen MR) is 53.8 cm³/mol. The molecule has 1 heterocycles. The number of aromatic nitrogens is 1. The van der Waals surface area contributed by atoms with Crippen molar-refractivity contribution in [1.82, 2.24) is 4.98 Å². The van der Waals surface area contributed by atoms with Gasteiger partial charge in [-0.1, -0.05) is 11.6 Å². The molecule has 0 aliphatic heterocycles. The molecule has 0 radical (unpaired) electrons. The molecule has 82 valence electrons. The zero-order valence-corrected chi connectivity index (χ0v) is 8.77. The van der Waals surface area contributed by atoms with Crippen LogP contribution in [-0.4, -0.2) is 10.7 Å². The van der Waals surface area contributed by atoms with Crippen LogP contribution in [0.25, 0.3) is 0 Å². The SMILES string of the molecule is NC(c1ncc(F)cc1Cl)C1(F)CCC1. The summed E-state index contributed by atoms with van der Waals surface area (Å²) in [5.74, 6) is -0.544. The van der Waals surface area contributed by atoms with Crippen molar-refractivity contribution in [2.75, 3.05) is 0 Å². The van der Waals surface area contributed by atoms with Gasteiger partial charge in [0.1, 0.15) is 11.5 Å². The van der Waals surface area contributed by atoms with Crippen molar-refractivity contribution in [3.05, 3.63) is 28.8 Å². The first-order valence-corrected chi connectivity index (χ1v) is 5.16. The number of nitrogens with two attached hydrogens (primary N) is 1. The molecule has 2 N–H and O–H groups in total. The molecule has 1 aliphatic carbocycles. The van der Waals surface area contributed by atoms with Crippen molar-refractivity contribution < 1.29 is 8.78 Å². The Morgan fingerprint density at radius 1 is 1.53 bits per heavy atom. The van der Waals surface area contributed by atoms with E-state index < -0.39 is 17.5 Å². The molecule has 0 amide bonds. The third kappa shape index (κ3) is 1.84. The number of alkyl halides is 1. The highest BCUT2D eigenvalue weighted by molar-refractivity contribution is 6.31. The molecule has 1 atom stereocenters. The van der Waals surface area contributed by atoms with Gasteiger partial charge in [-0.15, -0.1) is 0 Å². The van der Waals surface area contributed by atoms with Gasteiger partial charge in [0, 0.05) is 0 Å². The standard InChI is InChI=1S/C10H11ClF2N2/c11-7-4-6(12)5-15-8(7)9(14)10(13)2-1-3-10/h4-5,9H,1-3,14H2. The van der Waals surface area contributed by atoms with Gasteiger partial charge < -0.3 is 5.73 Å². The highest BCUT2D eigenvalue weighted by Gasteiger charge is 2.44. The normalized spacial score (nSPS) is 20.8. The van der Waals surface area contributed by atoms with Crippen LogP contribution in [0.1, 0.15) is 31.0 Å². The second kappa shape index (κ2) is 3.68. The van der Waals surface area contributed by atoms with E-state index in [1.165, 1.54) is 0 Å². The fourth-order valence-corrected chi connectivity index (χ4v) is 2.00. The number of hydrogen-bond donors (Lipinski definition) is 1. The van der Waals surface area contributed by atoms with Gasteiger partial charge in [-0.05, 0) is 25.3 Å². The van der Waals surface area contributed by atoms with E-state index in [1.54, 1.807) is 0 Å². The van der Waals surface area contributed by atoms with E-state index >= 15 is 0 Å². The maximum Gasteiger partial charge on any atom is 0.142 e. The summed E-state index contributed by atoms with van der Waals surface area (Å²) in [6.07, 6.45) is 2.67. The first-order chi connectivity index (χ1) is 7.03. The Balaban J connectivity index is 2.29. The number of nitrogens with zero attached hydrogens (tertiary/aromatic N) is 1. The largest absolute Gasteiger partial charge is 0.320 e. The van der Waals surface area contributed by atoms with Crippen LogP contribution in [-0.2, 0) is 0 Å². The first kappa shape index (κ1) is 10.8. The number of pyridine rings is 1. The second-order valence-electron chi connectivity index (χ2n) is 3.89. The van der Waals surface area contributed by atoms with Crippen molar-refractivity contribution in [2.45, 2.75) is 31.0 Å². The van der Waals surface area contributed by atoms with Crippen LogP contribution in [0.15, 0.2) is 12.3 Å². The lowest BCUT2D eigenvalue weighted by molar-refractivity contribution is 0.0326. The molecule has 0 spiro atoms. The van der Waals surface area contributed by atoms with Crippen LogP contribution in [0.5, 0.6) is 0 Å². The quantitative estimate of drug-likeness (QED) is 0.852. The van der Waals surface area contributed by atoms with E-state index in [-0.39, 0.29) is 10.7 Å². The Hall–Kier alpha value is -0.740. The molecule has 1 aromatic rings. The molecular formula is C10H11ClF2N2. The maximum absolute atomic E-state index is 13.9. The van der Waals surface area contributed by atoms with Crippen molar-refractivity contribution in [3.8, 4) is 0 Å². The third-order valence-corrected chi connectivity index (χ3v) is 3.18. The summed E-state index contributed by atoms with van der Waals surface area (Å²) in [6.45, 7) is 0. The predicted octanol–water partition coefficient (Wildman–Crippen LogP) is 2.77. The van der Waals surface area contributed by atoms with Gasteiger partial charge in [0.25, 0.3) is 0 Å². The summed E-state index contributed by atoms with van der Waals surface area (Å²) < 4.78 is 26.7.